The summed E-state index contributed by atoms with van der Waals surface area (Å²) in [4.78, 5) is 0. The van der Waals surface area contributed by atoms with Gasteiger partial charge in [0, 0.05) is 6.61 Å². The van der Waals surface area contributed by atoms with E-state index < -0.39 is 0 Å². The Hall–Kier alpha value is -0.300. The van der Waals surface area contributed by atoms with Gasteiger partial charge in [0.2, 0.25) is 0 Å². The normalized spacial score (nSPS) is 14.6. The smallest absolute Gasteiger partial charge is 0.0433 e. The van der Waals surface area contributed by atoms with Crippen molar-refractivity contribution in [3.05, 3.63) is 11.6 Å². The third-order valence-electron chi connectivity index (χ3n) is 3.23. The van der Waals surface area contributed by atoms with E-state index in [1.165, 1.54) is 37.7 Å². The number of hydrogen-bond acceptors (Lipinski definition) is 1. The van der Waals surface area contributed by atoms with Crippen molar-refractivity contribution in [3.63, 3.8) is 0 Å². The first-order valence-electron chi connectivity index (χ1n) is 6.80. The second-order valence-corrected chi connectivity index (χ2v) is 5.51. The molecule has 0 aliphatic carbocycles. The predicted molar refractivity (Wildman–Crippen MR) is 72.5 cm³/mol. The Morgan fingerprint density at radius 1 is 1.00 bits per heavy atom. The van der Waals surface area contributed by atoms with Gasteiger partial charge in [-0.15, -0.1) is 0 Å². The van der Waals surface area contributed by atoms with Crippen LogP contribution in [0.5, 0.6) is 0 Å². The van der Waals surface area contributed by atoms with Crippen LogP contribution in [-0.4, -0.2) is 11.7 Å². The van der Waals surface area contributed by atoms with Gasteiger partial charge < -0.3 is 5.11 Å². The van der Waals surface area contributed by atoms with Crippen molar-refractivity contribution in [3.8, 4) is 0 Å². The first-order valence-corrected chi connectivity index (χ1v) is 6.80. The Balaban J connectivity index is 3.43. The second kappa shape index (κ2) is 9.89. The quantitative estimate of drug-likeness (QED) is 0.571. The van der Waals surface area contributed by atoms with Gasteiger partial charge in [-0.3, -0.25) is 0 Å². The fourth-order valence-electron chi connectivity index (χ4n) is 1.98. The third-order valence-corrected chi connectivity index (χ3v) is 3.23. The minimum absolute atomic E-state index is 0.345. The first-order chi connectivity index (χ1) is 7.56. The van der Waals surface area contributed by atoms with E-state index in [1.807, 2.05) is 0 Å². The van der Waals surface area contributed by atoms with E-state index in [4.69, 9.17) is 5.11 Å². The molecule has 0 aromatic carbocycles. The van der Waals surface area contributed by atoms with Crippen LogP contribution in [0.3, 0.4) is 0 Å². The molecule has 0 aliphatic rings. The molecule has 2 atom stereocenters. The molecule has 0 amide bonds. The Morgan fingerprint density at radius 3 is 2.06 bits per heavy atom. The molecule has 0 aliphatic heterocycles. The van der Waals surface area contributed by atoms with Gasteiger partial charge in [0.05, 0.1) is 0 Å². The topological polar surface area (TPSA) is 20.2 Å². The molecule has 0 spiro atoms. The lowest BCUT2D eigenvalue weighted by Gasteiger charge is -2.13. The summed E-state index contributed by atoms with van der Waals surface area (Å²) < 4.78 is 0. The predicted octanol–water partition coefficient (Wildman–Crippen LogP) is 4.56. The number of aliphatic hydroxyl groups excluding tert-OH is 1. The highest BCUT2D eigenvalue weighted by molar-refractivity contribution is 4.92. The van der Waals surface area contributed by atoms with Crippen LogP contribution >= 0.6 is 0 Å². The molecule has 1 N–H and O–H groups in total. The molecule has 0 saturated heterocycles. The molecule has 16 heavy (non-hydrogen) atoms. The van der Waals surface area contributed by atoms with Gasteiger partial charge in [0.25, 0.3) is 0 Å². The van der Waals surface area contributed by atoms with Crippen molar-refractivity contribution in [2.45, 2.75) is 66.2 Å². The van der Waals surface area contributed by atoms with Crippen molar-refractivity contribution >= 4 is 0 Å². The summed E-state index contributed by atoms with van der Waals surface area (Å²) in [6.07, 6.45) is 9.78. The van der Waals surface area contributed by atoms with Gasteiger partial charge in [-0.2, -0.15) is 0 Å². The summed E-state index contributed by atoms with van der Waals surface area (Å²) in [7, 11) is 0. The fraction of sp³-hybridized carbons (Fsp3) is 0.867. The van der Waals surface area contributed by atoms with Crippen molar-refractivity contribution < 1.29 is 5.11 Å². The highest BCUT2D eigenvalue weighted by Gasteiger charge is 2.04. The molecule has 0 unspecified atom stereocenters. The summed E-state index contributed by atoms with van der Waals surface area (Å²) in [5, 5.41) is 8.81. The summed E-state index contributed by atoms with van der Waals surface area (Å²) in [6.45, 7) is 9.28. The van der Waals surface area contributed by atoms with Crippen LogP contribution in [0.1, 0.15) is 66.2 Å². The van der Waals surface area contributed by atoms with E-state index in [0.717, 1.165) is 12.3 Å². The summed E-state index contributed by atoms with van der Waals surface area (Å²) in [5.74, 6) is 1.53. The van der Waals surface area contributed by atoms with Crippen molar-refractivity contribution in [2.75, 3.05) is 6.61 Å². The van der Waals surface area contributed by atoms with Crippen molar-refractivity contribution in [1.82, 2.24) is 0 Å². The number of allylic oxidation sites excluding steroid dienone is 2. The Morgan fingerprint density at radius 2 is 1.56 bits per heavy atom. The van der Waals surface area contributed by atoms with Gasteiger partial charge in [-0.25, -0.2) is 0 Å². The highest BCUT2D eigenvalue weighted by atomic mass is 16.3. The molecule has 0 radical (unpaired) electrons. The number of hydrogen-bond donors (Lipinski definition) is 1. The second-order valence-electron chi connectivity index (χ2n) is 5.51. The van der Waals surface area contributed by atoms with Gasteiger partial charge in [0.1, 0.15) is 0 Å². The maximum absolute atomic E-state index is 8.81. The van der Waals surface area contributed by atoms with E-state index in [9.17, 15) is 0 Å². The largest absolute Gasteiger partial charge is 0.396 e. The van der Waals surface area contributed by atoms with Crippen LogP contribution in [0.25, 0.3) is 0 Å². The van der Waals surface area contributed by atoms with Crippen molar-refractivity contribution in [1.29, 1.82) is 0 Å². The Kier molecular flexibility index (Phi) is 9.71. The Labute approximate surface area is 102 Å². The van der Waals surface area contributed by atoms with Gasteiger partial charge in [-0.05, 0) is 44.9 Å². The lowest BCUT2D eigenvalue weighted by atomic mass is 9.94. The zero-order valence-corrected chi connectivity index (χ0v) is 11.6. The number of aliphatic hydroxyl groups is 1. The Bertz CT molecular complexity index is 180. The molecular formula is C15H30O. The SMILES string of the molecule is CC(C)=CCC[C@H](C)CCC[C@@H](C)CCO. The summed E-state index contributed by atoms with van der Waals surface area (Å²) in [5.41, 5.74) is 1.43. The molecular weight excluding hydrogens is 196 g/mol. The highest BCUT2D eigenvalue weighted by Crippen LogP contribution is 2.18. The zero-order valence-electron chi connectivity index (χ0n) is 11.6. The molecule has 0 saturated carbocycles. The minimum atomic E-state index is 0.345. The van der Waals surface area contributed by atoms with Crippen LogP contribution in [0.2, 0.25) is 0 Å². The molecule has 1 heteroatoms. The van der Waals surface area contributed by atoms with E-state index in [0.29, 0.717) is 12.5 Å². The maximum Gasteiger partial charge on any atom is 0.0433 e. The molecule has 1 nitrogen and oxygen atoms in total. The summed E-state index contributed by atoms with van der Waals surface area (Å²) in [6, 6.07) is 0. The van der Waals surface area contributed by atoms with Crippen LogP contribution in [-0.2, 0) is 0 Å². The van der Waals surface area contributed by atoms with E-state index in [-0.39, 0.29) is 0 Å². The van der Waals surface area contributed by atoms with E-state index in [1.54, 1.807) is 0 Å². The third kappa shape index (κ3) is 10.2. The molecule has 0 aromatic rings. The lowest BCUT2D eigenvalue weighted by Crippen LogP contribution is -2.00. The average molecular weight is 226 g/mol. The van der Waals surface area contributed by atoms with E-state index in [2.05, 4.69) is 33.8 Å². The van der Waals surface area contributed by atoms with Gasteiger partial charge in [-0.1, -0.05) is 44.8 Å². The van der Waals surface area contributed by atoms with Gasteiger partial charge in [0.15, 0.2) is 0 Å². The monoisotopic (exact) mass is 226 g/mol. The molecule has 0 aromatic heterocycles. The maximum atomic E-state index is 8.81. The first kappa shape index (κ1) is 15.7. The van der Waals surface area contributed by atoms with Crippen molar-refractivity contribution in [2.24, 2.45) is 11.8 Å². The minimum Gasteiger partial charge on any atom is -0.396 e. The zero-order chi connectivity index (χ0) is 12.4. The molecule has 0 fully saturated rings. The molecule has 0 heterocycles. The lowest BCUT2D eigenvalue weighted by molar-refractivity contribution is 0.255. The molecule has 0 bridgehead atoms. The van der Waals surface area contributed by atoms with Gasteiger partial charge >= 0.3 is 0 Å². The number of rotatable bonds is 9. The average Bonchev–Trinajstić information content (AvgIpc) is 2.17. The van der Waals surface area contributed by atoms with Crippen LogP contribution in [0, 0.1) is 11.8 Å². The van der Waals surface area contributed by atoms with Crippen LogP contribution < -0.4 is 0 Å². The summed E-state index contributed by atoms with van der Waals surface area (Å²) >= 11 is 0. The molecule has 0 rings (SSSR count). The van der Waals surface area contributed by atoms with E-state index >= 15 is 0 Å². The van der Waals surface area contributed by atoms with Crippen LogP contribution in [0.4, 0.5) is 0 Å². The fourth-order valence-corrected chi connectivity index (χ4v) is 1.98. The molecule has 96 valence electrons. The van der Waals surface area contributed by atoms with Crippen LogP contribution in [0.15, 0.2) is 11.6 Å². The standard InChI is InChI=1S/C15H30O/c1-13(2)7-5-8-14(3)9-6-10-15(4)11-12-16/h7,14-16H,5-6,8-12H2,1-4H3/t14-,15+/m0/s1.